The van der Waals surface area contributed by atoms with Crippen LogP contribution in [0.4, 0.5) is 17.1 Å². The van der Waals surface area contributed by atoms with Crippen LogP contribution in [0.15, 0.2) is 224 Å². The first-order chi connectivity index (χ1) is 30.2. The Morgan fingerprint density at radius 3 is 1.61 bits per heavy atom. The summed E-state index contributed by atoms with van der Waals surface area (Å²) in [6.45, 7) is 0.798. The van der Waals surface area contributed by atoms with Crippen molar-refractivity contribution in [1.29, 1.82) is 0 Å². The van der Waals surface area contributed by atoms with E-state index in [0.29, 0.717) is 0 Å². The molecule has 5 heteroatoms. The van der Waals surface area contributed by atoms with E-state index in [1.165, 1.54) is 81.4 Å². The normalized spacial score (nSPS) is 12.9. The molecule has 0 N–H and O–H groups in total. The average Bonchev–Trinajstić information content (AvgIpc) is 3.97. The van der Waals surface area contributed by atoms with Crippen LogP contribution in [-0.2, 0) is 0 Å². The second-order valence-electron chi connectivity index (χ2n) is 16.2. The summed E-state index contributed by atoms with van der Waals surface area (Å²) in [4.78, 5) is 4.80. The predicted molar refractivity (Wildman–Crippen MR) is 261 cm³/mol. The zero-order valence-electron chi connectivity index (χ0n) is 33.9. The number of hydrogen-bond donors (Lipinski definition) is 0. The number of hydrogen-bond acceptors (Lipinski definition) is 2. The maximum absolute atomic E-state index is 2.98. The Kier molecular flexibility index (Phi) is 8.12. The summed E-state index contributed by atoms with van der Waals surface area (Å²) in [7, 11) is -0.792. The highest BCUT2D eigenvalue weighted by Gasteiger charge is 2.42. The van der Waals surface area contributed by atoms with Gasteiger partial charge in [0.25, 0.3) is 0 Å². The summed E-state index contributed by atoms with van der Waals surface area (Å²) in [5.74, 6) is 0. The summed E-state index contributed by atoms with van der Waals surface area (Å²) in [6.07, 6.45) is 0. The molecule has 9 aromatic carbocycles. The Hall–Kier alpha value is -7.60. The molecule has 290 valence electrons. The maximum atomic E-state index is 2.54. The molecule has 1 aliphatic heterocycles. The number of para-hydroxylation sites is 5. The maximum Gasteiger partial charge on any atom is 0.179 e. The van der Waals surface area contributed by atoms with E-state index >= 15 is 0 Å². The van der Waals surface area contributed by atoms with Crippen LogP contribution >= 0.6 is 0 Å². The molecule has 1 aliphatic rings. The molecule has 0 saturated heterocycles. The number of nitrogens with zero attached hydrogens (tertiary/aromatic N) is 4. The van der Waals surface area contributed by atoms with Crippen LogP contribution in [0.2, 0.25) is 0 Å². The second-order valence-corrected chi connectivity index (χ2v) is 20.0. The molecule has 61 heavy (non-hydrogen) atoms. The van der Waals surface area contributed by atoms with E-state index in [1.807, 2.05) is 0 Å². The summed E-state index contributed by atoms with van der Waals surface area (Å²) in [5, 5.41) is 10.4. The van der Waals surface area contributed by atoms with E-state index in [1.54, 1.807) is 0 Å². The molecule has 0 spiro atoms. The predicted octanol–water partition coefficient (Wildman–Crippen LogP) is 10.8. The van der Waals surface area contributed by atoms with Crippen LogP contribution < -0.4 is 30.5 Å². The van der Waals surface area contributed by atoms with Crippen LogP contribution in [0.3, 0.4) is 0 Å². The Morgan fingerprint density at radius 2 is 0.902 bits per heavy atom. The monoisotopic (exact) mass is 798 g/mol. The lowest BCUT2D eigenvalue weighted by atomic mass is 10.1. The zero-order chi connectivity index (χ0) is 40.5. The van der Waals surface area contributed by atoms with E-state index in [-0.39, 0.29) is 0 Å². The highest BCUT2D eigenvalue weighted by Crippen LogP contribution is 2.42. The van der Waals surface area contributed by atoms with Crippen molar-refractivity contribution in [1.82, 2.24) is 9.13 Å². The van der Waals surface area contributed by atoms with Crippen LogP contribution in [0.25, 0.3) is 55.0 Å². The van der Waals surface area contributed by atoms with E-state index in [2.05, 4.69) is 250 Å². The van der Waals surface area contributed by atoms with Gasteiger partial charge >= 0.3 is 0 Å². The number of fused-ring (bicyclic) bond motifs is 8. The minimum absolute atomic E-state index is 0.798. The first kappa shape index (κ1) is 35.4. The summed E-state index contributed by atoms with van der Waals surface area (Å²) in [6, 6.07) is 83.5. The van der Waals surface area contributed by atoms with Crippen LogP contribution in [0.5, 0.6) is 0 Å². The van der Waals surface area contributed by atoms with E-state index in [9.17, 15) is 0 Å². The Morgan fingerprint density at radius 1 is 0.361 bits per heavy atom. The molecule has 4 nitrogen and oxygen atoms in total. The molecule has 0 fully saturated rings. The molecule has 0 atom stereocenters. The van der Waals surface area contributed by atoms with Crippen LogP contribution in [0.1, 0.15) is 0 Å². The molecule has 0 bridgehead atoms. The van der Waals surface area contributed by atoms with Gasteiger partial charge in [-0.1, -0.05) is 158 Å². The first-order valence-electron chi connectivity index (χ1n) is 21.1. The van der Waals surface area contributed by atoms with Gasteiger partial charge in [-0.05, 0) is 87.5 Å². The molecular weight excluding hydrogens is 757 g/mol. The minimum Gasteiger partial charge on any atom is -0.355 e. The van der Waals surface area contributed by atoms with Crippen molar-refractivity contribution in [3.63, 3.8) is 0 Å². The molecular formula is C56H42N4Si. The van der Waals surface area contributed by atoms with Crippen molar-refractivity contribution >= 4 is 89.5 Å². The molecule has 3 heterocycles. The summed E-state index contributed by atoms with van der Waals surface area (Å²) in [5.41, 5.74) is 10.8. The van der Waals surface area contributed by atoms with Crippen molar-refractivity contribution in [3.05, 3.63) is 224 Å². The third-order valence-corrected chi connectivity index (χ3v) is 17.7. The van der Waals surface area contributed by atoms with Gasteiger partial charge in [0.2, 0.25) is 0 Å². The van der Waals surface area contributed by atoms with Crippen molar-refractivity contribution < 1.29 is 0 Å². The number of aromatic nitrogens is 2. The Labute approximate surface area is 356 Å². The third-order valence-electron chi connectivity index (χ3n) is 13.0. The van der Waals surface area contributed by atoms with Gasteiger partial charge in [0.1, 0.15) is 0 Å². The van der Waals surface area contributed by atoms with Gasteiger partial charge in [-0.2, -0.15) is 0 Å². The molecule has 0 unspecified atom stereocenters. The van der Waals surface area contributed by atoms with Crippen LogP contribution in [-0.4, -0.2) is 30.9 Å². The fourth-order valence-corrected chi connectivity index (χ4v) is 15.2. The van der Waals surface area contributed by atoms with Gasteiger partial charge in [-0.25, -0.2) is 0 Å². The average molecular weight is 799 g/mol. The molecule has 2 aromatic heterocycles. The SMILES string of the molecule is CN1CN(c2cccc([Si](c3ccccc3)(c3ccccc3)c3ccc4c5ccc6c(c7ccccc7n6-c6ccccc6)c5n(-c5ccccc5)c4c3)c2)c2ccccc21. The van der Waals surface area contributed by atoms with Gasteiger partial charge in [0.05, 0.1) is 40.1 Å². The highest BCUT2D eigenvalue weighted by molar-refractivity contribution is 7.20. The molecule has 0 saturated carbocycles. The third kappa shape index (κ3) is 5.30. The number of anilines is 3. The lowest BCUT2D eigenvalue weighted by Gasteiger charge is -2.35. The topological polar surface area (TPSA) is 16.3 Å². The van der Waals surface area contributed by atoms with Gasteiger partial charge in [0.15, 0.2) is 8.07 Å². The zero-order valence-corrected chi connectivity index (χ0v) is 34.9. The molecule has 11 aromatic rings. The summed E-state index contributed by atoms with van der Waals surface area (Å²) >= 11 is 0. The van der Waals surface area contributed by atoms with E-state index in [0.717, 1.165) is 18.0 Å². The quantitative estimate of drug-likeness (QED) is 0.118. The van der Waals surface area contributed by atoms with Crippen LogP contribution in [0, 0.1) is 0 Å². The Balaban J connectivity index is 1.19. The van der Waals surface area contributed by atoms with Gasteiger partial charge in [-0.3, -0.25) is 0 Å². The number of rotatable bonds is 7. The van der Waals surface area contributed by atoms with Gasteiger partial charge in [0, 0.05) is 45.7 Å². The number of benzene rings is 9. The molecule has 12 rings (SSSR count). The largest absolute Gasteiger partial charge is 0.355 e. The molecule has 0 aliphatic carbocycles. The molecule has 0 radical (unpaired) electrons. The first-order valence-corrected chi connectivity index (χ1v) is 23.1. The van der Waals surface area contributed by atoms with E-state index < -0.39 is 8.07 Å². The van der Waals surface area contributed by atoms with Crippen molar-refractivity contribution in [2.75, 3.05) is 23.5 Å². The van der Waals surface area contributed by atoms with Gasteiger partial charge in [-0.15, -0.1) is 0 Å². The minimum atomic E-state index is -2.98. The molecule has 0 amide bonds. The lowest BCUT2D eigenvalue weighted by Crippen LogP contribution is -2.74. The fraction of sp³-hybridized carbons (Fsp3) is 0.0357. The highest BCUT2D eigenvalue weighted by atomic mass is 28.3. The smallest absolute Gasteiger partial charge is 0.179 e. The second kappa shape index (κ2) is 14.0. The van der Waals surface area contributed by atoms with E-state index in [4.69, 9.17) is 0 Å². The summed E-state index contributed by atoms with van der Waals surface area (Å²) < 4.78 is 4.97. The fourth-order valence-electron chi connectivity index (χ4n) is 10.4. The van der Waals surface area contributed by atoms with Gasteiger partial charge < -0.3 is 18.9 Å². The van der Waals surface area contributed by atoms with Crippen molar-refractivity contribution in [3.8, 4) is 11.4 Å². The van der Waals surface area contributed by atoms with Crippen molar-refractivity contribution in [2.45, 2.75) is 0 Å². The van der Waals surface area contributed by atoms with Crippen molar-refractivity contribution in [2.24, 2.45) is 0 Å². The standard InChI is InChI=1S/C56H42N4Si/c1-57-39-58(52-32-17-16-31-51(52)57)42-23-18-28-45(37-42)61(43-24-10-4-11-25-43,44-26-12-5-13-27-44)46-33-34-47-48-35-36-53-55(56(48)60(54(47)38-46)41-21-8-3-9-22-41)49-29-14-15-30-50(49)59(53)40-19-6-2-7-20-40/h2-38H,39H2,1H3. The lowest BCUT2D eigenvalue weighted by molar-refractivity contribution is 0.950. The Bertz CT molecular complexity index is 3370.